The summed E-state index contributed by atoms with van der Waals surface area (Å²) in [6, 6.07) is 15.4. The van der Waals surface area contributed by atoms with E-state index in [0.717, 1.165) is 14.5 Å². The van der Waals surface area contributed by atoms with Crippen LogP contribution in [-0.4, -0.2) is 5.78 Å². The third-order valence-corrected chi connectivity index (χ3v) is 4.53. The maximum absolute atomic E-state index is 12.0. The molecule has 3 heteroatoms. The highest BCUT2D eigenvalue weighted by Gasteiger charge is 2.03. The minimum atomic E-state index is -0.0177. The Kier molecular flexibility index (Phi) is 5.50. The van der Waals surface area contributed by atoms with Crippen LogP contribution in [0.4, 0.5) is 0 Å². The Balaban J connectivity index is 2.02. The van der Waals surface area contributed by atoms with Gasteiger partial charge in [0.25, 0.3) is 0 Å². The van der Waals surface area contributed by atoms with E-state index in [1.54, 1.807) is 24.3 Å². The Morgan fingerprint density at radius 1 is 0.900 bits per heavy atom. The molecule has 2 aromatic rings. The number of carbonyl (C=O) groups excluding carboxylic acids is 1. The van der Waals surface area contributed by atoms with E-state index in [-0.39, 0.29) is 5.78 Å². The zero-order chi connectivity index (χ0) is 14.4. The van der Waals surface area contributed by atoms with Crippen molar-refractivity contribution < 1.29 is 4.79 Å². The molecular formula is C17H12Br2O. The Bertz CT molecular complexity index is 658. The van der Waals surface area contributed by atoms with Crippen LogP contribution in [0.15, 0.2) is 75.7 Å². The molecule has 0 heterocycles. The van der Waals surface area contributed by atoms with E-state index in [2.05, 4.69) is 31.9 Å². The van der Waals surface area contributed by atoms with Crippen molar-refractivity contribution >= 4 is 43.7 Å². The number of benzene rings is 2. The van der Waals surface area contributed by atoms with Crippen molar-refractivity contribution in [2.45, 2.75) is 0 Å². The molecule has 0 amide bonds. The maximum Gasteiger partial charge on any atom is 0.185 e. The van der Waals surface area contributed by atoms with Crippen LogP contribution < -0.4 is 0 Å². The molecule has 0 aliphatic heterocycles. The average Bonchev–Trinajstić information content (AvgIpc) is 2.47. The number of hydrogen-bond donors (Lipinski definition) is 0. The molecule has 0 radical (unpaired) electrons. The lowest BCUT2D eigenvalue weighted by molar-refractivity contribution is 0.104. The predicted octanol–water partition coefficient (Wildman–Crippen LogP) is 5.66. The third kappa shape index (κ3) is 4.29. The zero-order valence-electron chi connectivity index (χ0n) is 10.6. The van der Waals surface area contributed by atoms with Crippen LogP contribution in [0.1, 0.15) is 15.9 Å². The van der Waals surface area contributed by atoms with Gasteiger partial charge in [-0.2, -0.15) is 0 Å². The molecule has 0 aliphatic rings. The van der Waals surface area contributed by atoms with E-state index in [0.29, 0.717) is 5.56 Å². The Morgan fingerprint density at radius 3 is 2.35 bits per heavy atom. The fourth-order valence-corrected chi connectivity index (χ4v) is 2.24. The van der Waals surface area contributed by atoms with Gasteiger partial charge in [0, 0.05) is 14.5 Å². The molecule has 100 valence electrons. The SMILES string of the molecule is O=C(/C=C/C=C/c1ccccc1)c1ccc(Br)c(Br)c1. The first-order valence-electron chi connectivity index (χ1n) is 6.06. The molecule has 0 fully saturated rings. The monoisotopic (exact) mass is 390 g/mol. The van der Waals surface area contributed by atoms with Gasteiger partial charge in [-0.25, -0.2) is 0 Å². The molecule has 0 unspecified atom stereocenters. The number of rotatable bonds is 4. The van der Waals surface area contributed by atoms with E-state index in [1.165, 1.54) is 0 Å². The number of carbonyl (C=O) groups is 1. The second kappa shape index (κ2) is 7.36. The fraction of sp³-hybridized carbons (Fsp3) is 0. The van der Waals surface area contributed by atoms with Crippen molar-refractivity contribution in [3.8, 4) is 0 Å². The first-order valence-corrected chi connectivity index (χ1v) is 7.64. The van der Waals surface area contributed by atoms with Crippen LogP contribution in [-0.2, 0) is 0 Å². The molecule has 0 saturated heterocycles. The summed E-state index contributed by atoms with van der Waals surface area (Å²) in [4.78, 5) is 12.0. The molecule has 0 spiro atoms. The molecule has 2 aromatic carbocycles. The van der Waals surface area contributed by atoms with Gasteiger partial charge in [0.1, 0.15) is 0 Å². The second-order valence-corrected chi connectivity index (χ2v) is 5.83. The molecule has 0 aliphatic carbocycles. The van der Waals surface area contributed by atoms with Crippen LogP contribution >= 0.6 is 31.9 Å². The van der Waals surface area contributed by atoms with E-state index in [9.17, 15) is 4.79 Å². The van der Waals surface area contributed by atoms with Gasteiger partial charge in [0.2, 0.25) is 0 Å². The van der Waals surface area contributed by atoms with Gasteiger partial charge >= 0.3 is 0 Å². The summed E-state index contributed by atoms with van der Waals surface area (Å²) in [6.07, 6.45) is 7.14. The van der Waals surface area contributed by atoms with Crippen molar-refractivity contribution in [2.24, 2.45) is 0 Å². The summed E-state index contributed by atoms with van der Waals surface area (Å²) in [5.74, 6) is -0.0177. The normalized spacial score (nSPS) is 11.3. The van der Waals surface area contributed by atoms with Crippen LogP contribution in [0.2, 0.25) is 0 Å². The number of halogens is 2. The van der Waals surface area contributed by atoms with Gasteiger partial charge in [-0.15, -0.1) is 0 Å². The molecule has 20 heavy (non-hydrogen) atoms. The average molecular weight is 392 g/mol. The topological polar surface area (TPSA) is 17.1 Å². The summed E-state index contributed by atoms with van der Waals surface area (Å²) in [5, 5.41) is 0. The van der Waals surface area contributed by atoms with Crippen molar-refractivity contribution in [2.75, 3.05) is 0 Å². The van der Waals surface area contributed by atoms with Gasteiger partial charge in [0.05, 0.1) is 0 Å². The van der Waals surface area contributed by atoms with E-state index < -0.39 is 0 Å². The van der Waals surface area contributed by atoms with E-state index in [1.807, 2.05) is 48.6 Å². The zero-order valence-corrected chi connectivity index (χ0v) is 13.8. The first kappa shape index (κ1) is 14.9. The predicted molar refractivity (Wildman–Crippen MR) is 90.8 cm³/mol. The lowest BCUT2D eigenvalue weighted by atomic mass is 10.1. The fourth-order valence-electron chi connectivity index (χ4n) is 1.62. The maximum atomic E-state index is 12.0. The van der Waals surface area contributed by atoms with Crippen molar-refractivity contribution in [3.63, 3.8) is 0 Å². The Morgan fingerprint density at radius 2 is 1.65 bits per heavy atom. The van der Waals surface area contributed by atoms with Crippen molar-refractivity contribution in [3.05, 3.63) is 86.8 Å². The summed E-state index contributed by atoms with van der Waals surface area (Å²) in [5.41, 5.74) is 1.76. The van der Waals surface area contributed by atoms with E-state index in [4.69, 9.17) is 0 Å². The van der Waals surface area contributed by atoms with Crippen LogP contribution in [0.5, 0.6) is 0 Å². The highest BCUT2D eigenvalue weighted by molar-refractivity contribution is 9.13. The summed E-state index contributed by atoms with van der Waals surface area (Å²) in [6.45, 7) is 0. The first-order chi connectivity index (χ1) is 9.66. The molecular weight excluding hydrogens is 380 g/mol. The third-order valence-electron chi connectivity index (χ3n) is 2.65. The summed E-state index contributed by atoms with van der Waals surface area (Å²) < 4.78 is 1.80. The van der Waals surface area contributed by atoms with Crippen molar-refractivity contribution in [1.29, 1.82) is 0 Å². The number of ketones is 1. The summed E-state index contributed by atoms with van der Waals surface area (Å²) >= 11 is 6.77. The van der Waals surface area contributed by atoms with Gasteiger partial charge in [-0.1, -0.05) is 48.6 Å². The van der Waals surface area contributed by atoms with E-state index >= 15 is 0 Å². The van der Waals surface area contributed by atoms with Crippen LogP contribution in [0.25, 0.3) is 6.08 Å². The minimum Gasteiger partial charge on any atom is -0.289 e. The highest BCUT2D eigenvalue weighted by Crippen LogP contribution is 2.24. The Labute approximate surface area is 135 Å². The van der Waals surface area contributed by atoms with Gasteiger partial charge in [0.15, 0.2) is 5.78 Å². The Hall–Kier alpha value is -1.45. The van der Waals surface area contributed by atoms with Gasteiger partial charge in [-0.3, -0.25) is 4.79 Å². The summed E-state index contributed by atoms with van der Waals surface area (Å²) in [7, 11) is 0. The molecule has 2 rings (SSSR count). The quantitative estimate of drug-likeness (QED) is 0.373. The molecule has 0 saturated carbocycles. The van der Waals surface area contributed by atoms with Gasteiger partial charge in [-0.05, 0) is 61.7 Å². The molecule has 0 N–H and O–H groups in total. The molecule has 0 atom stereocenters. The molecule has 1 nitrogen and oxygen atoms in total. The number of allylic oxidation sites excluding steroid dienone is 3. The highest BCUT2D eigenvalue weighted by atomic mass is 79.9. The molecule has 0 aromatic heterocycles. The number of hydrogen-bond acceptors (Lipinski definition) is 1. The largest absolute Gasteiger partial charge is 0.289 e. The lowest BCUT2D eigenvalue weighted by Crippen LogP contribution is -1.93. The van der Waals surface area contributed by atoms with Crippen LogP contribution in [0, 0.1) is 0 Å². The molecule has 0 bridgehead atoms. The van der Waals surface area contributed by atoms with Gasteiger partial charge < -0.3 is 0 Å². The minimum absolute atomic E-state index is 0.0177. The lowest BCUT2D eigenvalue weighted by Gasteiger charge is -1.99. The van der Waals surface area contributed by atoms with Crippen LogP contribution in [0.3, 0.4) is 0 Å². The second-order valence-electron chi connectivity index (χ2n) is 4.12. The smallest absolute Gasteiger partial charge is 0.185 e. The standard InChI is InChI=1S/C17H12Br2O/c18-15-11-10-14(12-16(15)19)17(20)9-5-4-8-13-6-2-1-3-7-13/h1-12H/b8-4+,9-5+. The van der Waals surface area contributed by atoms with Crippen molar-refractivity contribution in [1.82, 2.24) is 0 Å².